The monoisotopic (exact) mass is 209 g/mol. The summed E-state index contributed by atoms with van der Waals surface area (Å²) in [7, 11) is 0. The summed E-state index contributed by atoms with van der Waals surface area (Å²) in [4.78, 5) is 24.5. The van der Waals surface area contributed by atoms with Gasteiger partial charge in [0.2, 0.25) is 5.91 Å². The number of likely N-dealkylation sites (tertiary alicyclic amines) is 1. The molecule has 2 fully saturated rings. The van der Waals surface area contributed by atoms with Gasteiger partial charge in [-0.05, 0) is 25.2 Å². The van der Waals surface area contributed by atoms with Crippen molar-refractivity contribution in [1.82, 2.24) is 4.90 Å². The van der Waals surface area contributed by atoms with Gasteiger partial charge in [-0.2, -0.15) is 0 Å². The molecule has 3 nitrogen and oxygen atoms in total. The quantitative estimate of drug-likeness (QED) is 0.695. The third kappa shape index (κ3) is 2.21. The van der Waals surface area contributed by atoms with Crippen molar-refractivity contribution in [2.75, 3.05) is 13.1 Å². The topological polar surface area (TPSA) is 37.4 Å². The SMILES string of the molecule is CC(=O)CN1CC2(CCCCC2)CC1=O. The van der Waals surface area contributed by atoms with Crippen molar-refractivity contribution < 1.29 is 9.59 Å². The minimum absolute atomic E-state index is 0.0937. The first kappa shape index (κ1) is 10.7. The predicted octanol–water partition coefficient (Wildman–Crippen LogP) is 1.76. The summed E-state index contributed by atoms with van der Waals surface area (Å²) < 4.78 is 0. The lowest BCUT2D eigenvalue weighted by Crippen LogP contribution is -2.33. The second-order valence-corrected chi connectivity index (χ2v) is 5.19. The number of carbonyl (C=O) groups excluding carboxylic acids is 2. The van der Waals surface area contributed by atoms with Crippen molar-refractivity contribution in [3.05, 3.63) is 0 Å². The Hall–Kier alpha value is -0.860. The third-order valence-electron chi connectivity index (χ3n) is 3.73. The Bertz CT molecular complexity index is 279. The molecule has 2 aliphatic rings. The van der Waals surface area contributed by atoms with E-state index in [0.29, 0.717) is 13.0 Å². The Balaban J connectivity index is 2.01. The summed E-state index contributed by atoms with van der Waals surface area (Å²) in [5.74, 6) is 0.281. The number of amides is 1. The van der Waals surface area contributed by atoms with Gasteiger partial charge in [-0.1, -0.05) is 19.3 Å². The van der Waals surface area contributed by atoms with Crippen molar-refractivity contribution in [3.63, 3.8) is 0 Å². The maximum atomic E-state index is 11.8. The van der Waals surface area contributed by atoms with Crippen molar-refractivity contribution in [2.45, 2.75) is 45.4 Å². The normalized spacial score (nSPS) is 24.9. The molecular formula is C12H19NO2. The molecule has 1 saturated heterocycles. The molecule has 1 saturated carbocycles. The third-order valence-corrected chi connectivity index (χ3v) is 3.73. The van der Waals surface area contributed by atoms with Gasteiger partial charge in [0.05, 0.1) is 6.54 Å². The summed E-state index contributed by atoms with van der Waals surface area (Å²) in [6, 6.07) is 0. The van der Waals surface area contributed by atoms with E-state index in [1.54, 1.807) is 11.8 Å². The average Bonchev–Trinajstić information content (AvgIpc) is 2.43. The molecule has 1 amide bonds. The molecule has 0 aromatic heterocycles. The number of Topliss-reactive ketones (excluding diaryl/α,β-unsaturated/α-hetero) is 1. The molecule has 0 aromatic rings. The molecule has 15 heavy (non-hydrogen) atoms. The first-order valence-electron chi connectivity index (χ1n) is 5.89. The zero-order chi connectivity index (χ0) is 10.9. The van der Waals surface area contributed by atoms with E-state index in [-0.39, 0.29) is 17.1 Å². The van der Waals surface area contributed by atoms with Crippen LogP contribution in [0, 0.1) is 5.41 Å². The Kier molecular flexibility index (Phi) is 2.81. The maximum Gasteiger partial charge on any atom is 0.223 e. The van der Waals surface area contributed by atoms with Crippen LogP contribution in [-0.2, 0) is 9.59 Å². The Morgan fingerprint density at radius 2 is 2.00 bits per heavy atom. The number of nitrogens with zero attached hydrogens (tertiary/aromatic N) is 1. The molecule has 1 spiro atoms. The van der Waals surface area contributed by atoms with Gasteiger partial charge in [0.1, 0.15) is 5.78 Å². The van der Waals surface area contributed by atoms with Gasteiger partial charge in [0.25, 0.3) is 0 Å². The molecular weight excluding hydrogens is 190 g/mol. The van der Waals surface area contributed by atoms with E-state index >= 15 is 0 Å². The highest BCUT2D eigenvalue weighted by molar-refractivity contribution is 5.86. The molecule has 84 valence electrons. The summed E-state index contributed by atoms with van der Waals surface area (Å²) in [6.45, 7) is 2.70. The molecule has 0 bridgehead atoms. The molecule has 1 heterocycles. The summed E-state index contributed by atoms with van der Waals surface area (Å²) in [6.07, 6.45) is 6.84. The van der Waals surface area contributed by atoms with Crippen LogP contribution in [-0.4, -0.2) is 29.7 Å². The second-order valence-electron chi connectivity index (χ2n) is 5.19. The zero-order valence-corrected chi connectivity index (χ0v) is 9.42. The van der Waals surface area contributed by atoms with Crippen LogP contribution < -0.4 is 0 Å². The fraction of sp³-hybridized carbons (Fsp3) is 0.833. The average molecular weight is 209 g/mol. The first-order chi connectivity index (χ1) is 7.11. The standard InChI is InChI=1S/C12H19NO2/c1-10(14)8-13-9-12(7-11(13)15)5-3-2-4-6-12/h2-9H2,1H3. The van der Waals surface area contributed by atoms with Gasteiger partial charge >= 0.3 is 0 Å². The highest BCUT2D eigenvalue weighted by Crippen LogP contribution is 2.43. The van der Waals surface area contributed by atoms with Gasteiger partial charge in [-0.25, -0.2) is 0 Å². The van der Waals surface area contributed by atoms with E-state index in [1.165, 1.54) is 32.1 Å². The zero-order valence-electron chi connectivity index (χ0n) is 9.42. The molecule has 1 aliphatic carbocycles. The van der Waals surface area contributed by atoms with Gasteiger partial charge in [0, 0.05) is 13.0 Å². The molecule has 0 unspecified atom stereocenters. The minimum atomic E-state index is 0.0937. The molecule has 0 radical (unpaired) electrons. The largest absolute Gasteiger partial charge is 0.335 e. The predicted molar refractivity (Wildman–Crippen MR) is 57.4 cm³/mol. The lowest BCUT2D eigenvalue weighted by atomic mass is 9.73. The number of carbonyl (C=O) groups is 2. The maximum absolute atomic E-state index is 11.8. The van der Waals surface area contributed by atoms with Gasteiger partial charge < -0.3 is 4.90 Å². The van der Waals surface area contributed by atoms with E-state index in [0.717, 1.165) is 6.54 Å². The van der Waals surface area contributed by atoms with Crippen LogP contribution in [0.5, 0.6) is 0 Å². The van der Waals surface area contributed by atoms with Crippen molar-refractivity contribution in [2.24, 2.45) is 5.41 Å². The van der Waals surface area contributed by atoms with Crippen LogP contribution in [0.2, 0.25) is 0 Å². The van der Waals surface area contributed by atoms with Gasteiger partial charge in [-0.3, -0.25) is 9.59 Å². The molecule has 0 atom stereocenters. The first-order valence-corrected chi connectivity index (χ1v) is 5.89. The van der Waals surface area contributed by atoms with E-state index in [4.69, 9.17) is 0 Å². The van der Waals surface area contributed by atoms with E-state index in [2.05, 4.69) is 0 Å². The Morgan fingerprint density at radius 1 is 1.33 bits per heavy atom. The van der Waals surface area contributed by atoms with Crippen LogP contribution in [0.3, 0.4) is 0 Å². The molecule has 0 N–H and O–H groups in total. The van der Waals surface area contributed by atoms with Gasteiger partial charge in [0.15, 0.2) is 0 Å². The lowest BCUT2D eigenvalue weighted by Gasteiger charge is -2.32. The highest BCUT2D eigenvalue weighted by Gasteiger charge is 2.43. The van der Waals surface area contributed by atoms with E-state index in [1.807, 2.05) is 0 Å². The van der Waals surface area contributed by atoms with Crippen LogP contribution in [0.1, 0.15) is 45.4 Å². The van der Waals surface area contributed by atoms with Crippen molar-refractivity contribution >= 4 is 11.7 Å². The van der Waals surface area contributed by atoms with E-state index in [9.17, 15) is 9.59 Å². The van der Waals surface area contributed by atoms with Crippen molar-refractivity contribution in [1.29, 1.82) is 0 Å². The fourth-order valence-corrected chi connectivity index (χ4v) is 3.03. The number of ketones is 1. The molecule has 2 rings (SSSR count). The molecule has 3 heteroatoms. The Labute approximate surface area is 90.8 Å². The molecule has 1 aliphatic heterocycles. The summed E-state index contributed by atoms with van der Waals surface area (Å²) in [5, 5.41) is 0. The number of hydrogen-bond acceptors (Lipinski definition) is 2. The van der Waals surface area contributed by atoms with Crippen LogP contribution in [0.15, 0.2) is 0 Å². The summed E-state index contributed by atoms with van der Waals surface area (Å²) >= 11 is 0. The number of rotatable bonds is 2. The lowest BCUT2D eigenvalue weighted by molar-refractivity contribution is -0.131. The van der Waals surface area contributed by atoms with Gasteiger partial charge in [-0.15, -0.1) is 0 Å². The number of hydrogen-bond donors (Lipinski definition) is 0. The van der Waals surface area contributed by atoms with E-state index < -0.39 is 0 Å². The minimum Gasteiger partial charge on any atom is -0.335 e. The van der Waals surface area contributed by atoms with Crippen LogP contribution >= 0.6 is 0 Å². The van der Waals surface area contributed by atoms with Crippen LogP contribution in [0.4, 0.5) is 0 Å². The highest BCUT2D eigenvalue weighted by atomic mass is 16.2. The second kappa shape index (κ2) is 3.95. The molecule has 0 aromatic carbocycles. The van der Waals surface area contributed by atoms with Crippen LogP contribution in [0.25, 0.3) is 0 Å². The Morgan fingerprint density at radius 3 is 2.60 bits per heavy atom. The van der Waals surface area contributed by atoms with Crippen molar-refractivity contribution in [3.8, 4) is 0 Å². The fourth-order valence-electron chi connectivity index (χ4n) is 3.03. The smallest absolute Gasteiger partial charge is 0.223 e. The summed E-state index contributed by atoms with van der Waals surface area (Å²) in [5.41, 5.74) is 0.227.